The van der Waals surface area contributed by atoms with E-state index in [0.29, 0.717) is 0 Å². The van der Waals surface area contributed by atoms with Crippen LogP contribution in [0.25, 0.3) is 0 Å². The van der Waals surface area contributed by atoms with Gasteiger partial charge >= 0.3 is 5.97 Å². The van der Waals surface area contributed by atoms with Crippen molar-refractivity contribution in [2.24, 2.45) is 0 Å². The summed E-state index contributed by atoms with van der Waals surface area (Å²) in [5.74, 6) is -0.188. The average molecular weight is 229 g/mol. The highest BCUT2D eigenvalue weighted by molar-refractivity contribution is 5.80. The average Bonchev–Trinajstić information content (AvgIpc) is 2.78. The highest BCUT2D eigenvalue weighted by Crippen LogP contribution is 2.17. The molecule has 0 saturated carbocycles. The van der Waals surface area contributed by atoms with E-state index < -0.39 is 5.54 Å². The molecular weight excluding hydrogens is 206 g/mol. The van der Waals surface area contributed by atoms with E-state index in [2.05, 4.69) is 12.2 Å². The second-order valence-electron chi connectivity index (χ2n) is 4.59. The highest BCUT2D eigenvalue weighted by atomic mass is 16.5. The number of hydrogen-bond acceptors (Lipinski definition) is 4. The van der Waals surface area contributed by atoms with E-state index in [1.54, 1.807) is 0 Å². The van der Waals surface area contributed by atoms with E-state index in [1.807, 2.05) is 6.92 Å². The van der Waals surface area contributed by atoms with E-state index in [-0.39, 0.29) is 12.1 Å². The van der Waals surface area contributed by atoms with Crippen LogP contribution in [0.3, 0.4) is 0 Å². The molecule has 2 unspecified atom stereocenters. The Morgan fingerprint density at radius 3 is 2.88 bits per heavy atom. The maximum absolute atomic E-state index is 11.7. The molecule has 1 aliphatic heterocycles. The highest BCUT2D eigenvalue weighted by Gasteiger charge is 2.33. The minimum Gasteiger partial charge on any atom is -0.468 e. The van der Waals surface area contributed by atoms with Gasteiger partial charge in [0.25, 0.3) is 0 Å². The first kappa shape index (κ1) is 13.5. The van der Waals surface area contributed by atoms with Crippen LogP contribution in [0.4, 0.5) is 0 Å². The Bertz CT molecular complexity index is 226. The van der Waals surface area contributed by atoms with Crippen LogP contribution in [0.15, 0.2) is 0 Å². The zero-order valence-corrected chi connectivity index (χ0v) is 10.5. The summed E-state index contributed by atoms with van der Waals surface area (Å²) in [5.41, 5.74) is -0.574. The minimum atomic E-state index is -0.574. The van der Waals surface area contributed by atoms with Gasteiger partial charge in [-0.2, -0.15) is 0 Å². The van der Waals surface area contributed by atoms with Gasteiger partial charge in [-0.05, 0) is 26.2 Å². The van der Waals surface area contributed by atoms with Crippen LogP contribution < -0.4 is 5.32 Å². The molecule has 1 rings (SSSR count). The third-order valence-electron chi connectivity index (χ3n) is 3.13. The van der Waals surface area contributed by atoms with Crippen molar-refractivity contribution < 1.29 is 14.3 Å². The smallest absolute Gasteiger partial charge is 0.325 e. The topological polar surface area (TPSA) is 47.6 Å². The molecule has 1 heterocycles. The third kappa shape index (κ3) is 3.46. The first-order chi connectivity index (χ1) is 7.62. The van der Waals surface area contributed by atoms with Gasteiger partial charge in [-0.15, -0.1) is 0 Å². The van der Waals surface area contributed by atoms with Crippen LogP contribution in [0, 0.1) is 0 Å². The van der Waals surface area contributed by atoms with Crippen LogP contribution in [-0.2, 0) is 14.3 Å². The van der Waals surface area contributed by atoms with Crippen LogP contribution >= 0.6 is 0 Å². The Labute approximate surface area is 97.7 Å². The van der Waals surface area contributed by atoms with Gasteiger partial charge in [0.2, 0.25) is 0 Å². The number of ether oxygens (including phenoxy) is 2. The Hall–Kier alpha value is -0.610. The Morgan fingerprint density at radius 1 is 1.62 bits per heavy atom. The fourth-order valence-electron chi connectivity index (χ4n) is 2.13. The van der Waals surface area contributed by atoms with E-state index in [1.165, 1.54) is 7.11 Å². The van der Waals surface area contributed by atoms with Crippen molar-refractivity contribution in [1.82, 2.24) is 5.32 Å². The Morgan fingerprint density at radius 2 is 2.38 bits per heavy atom. The number of esters is 1. The molecule has 1 saturated heterocycles. The zero-order chi connectivity index (χ0) is 12.0. The fourth-order valence-corrected chi connectivity index (χ4v) is 2.13. The summed E-state index contributed by atoms with van der Waals surface area (Å²) in [6.07, 6.45) is 4.18. The second kappa shape index (κ2) is 6.21. The molecule has 1 fully saturated rings. The lowest BCUT2D eigenvalue weighted by molar-refractivity contribution is -0.148. The zero-order valence-electron chi connectivity index (χ0n) is 10.5. The van der Waals surface area contributed by atoms with Gasteiger partial charge in [0, 0.05) is 13.2 Å². The number of carbonyl (C=O) groups is 1. The number of carbonyl (C=O) groups excluding carboxylic acids is 1. The maximum atomic E-state index is 11.7. The lowest BCUT2D eigenvalue weighted by Gasteiger charge is -2.28. The summed E-state index contributed by atoms with van der Waals surface area (Å²) in [6.45, 7) is 5.53. The first-order valence-electron chi connectivity index (χ1n) is 6.07. The third-order valence-corrected chi connectivity index (χ3v) is 3.13. The number of hydrogen-bond donors (Lipinski definition) is 1. The normalized spacial score (nSPS) is 24.1. The van der Waals surface area contributed by atoms with Crippen molar-refractivity contribution in [3.8, 4) is 0 Å². The van der Waals surface area contributed by atoms with Gasteiger partial charge in [-0.3, -0.25) is 10.1 Å². The van der Waals surface area contributed by atoms with E-state index >= 15 is 0 Å². The molecule has 2 atom stereocenters. The standard InChI is InChI=1S/C12H23NO3/c1-4-7-12(2,11(14)15-3)13-9-10-6-5-8-16-10/h10,13H,4-9H2,1-3H3. The molecule has 0 aromatic heterocycles. The number of rotatable bonds is 6. The number of methoxy groups -OCH3 is 1. The molecule has 1 aliphatic rings. The monoisotopic (exact) mass is 229 g/mol. The van der Waals surface area contributed by atoms with Crippen LogP contribution in [0.5, 0.6) is 0 Å². The van der Waals surface area contributed by atoms with Crippen molar-refractivity contribution in [2.75, 3.05) is 20.3 Å². The second-order valence-corrected chi connectivity index (χ2v) is 4.59. The Kier molecular flexibility index (Phi) is 5.22. The van der Waals surface area contributed by atoms with Crippen molar-refractivity contribution in [3.63, 3.8) is 0 Å². The molecule has 0 amide bonds. The van der Waals surface area contributed by atoms with Crippen molar-refractivity contribution in [1.29, 1.82) is 0 Å². The first-order valence-corrected chi connectivity index (χ1v) is 6.07. The van der Waals surface area contributed by atoms with Gasteiger partial charge in [0.15, 0.2) is 0 Å². The SMILES string of the molecule is CCCC(C)(NCC1CCCO1)C(=O)OC. The Balaban J connectivity index is 2.45. The van der Waals surface area contributed by atoms with Crippen molar-refractivity contribution >= 4 is 5.97 Å². The lowest BCUT2D eigenvalue weighted by Crippen LogP contribution is -2.52. The summed E-state index contributed by atoms with van der Waals surface area (Å²) >= 11 is 0. The van der Waals surface area contributed by atoms with Gasteiger partial charge in [0.05, 0.1) is 13.2 Å². The van der Waals surface area contributed by atoms with E-state index in [0.717, 1.165) is 38.8 Å². The molecule has 16 heavy (non-hydrogen) atoms. The molecule has 94 valence electrons. The van der Waals surface area contributed by atoms with Crippen LogP contribution in [0.2, 0.25) is 0 Å². The van der Waals surface area contributed by atoms with Gasteiger partial charge < -0.3 is 9.47 Å². The molecule has 0 radical (unpaired) electrons. The van der Waals surface area contributed by atoms with Gasteiger partial charge in [0.1, 0.15) is 5.54 Å². The predicted molar refractivity (Wildman–Crippen MR) is 62.3 cm³/mol. The van der Waals surface area contributed by atoms with Gasteiger partial charge in [-0.1, -0.05) is 13.3 Å². The van der Waals surface area contributed by atoms with Crippen LogP contribution in [0.1, 0.15) is 39.5 Å². The minimum absolute atomic E-state index is 0.188. The largest absolute Gasteiger partial charge is 0.468 e. The molecule has 4 nitrogen and oxygen atoms in total. The van der Waals surface area contributed by atoms with E-state index in [4.69, 9.17) is 9.47 Å². The molecule has 1 N–H and O–H groups in total. The summed E-state index contributed by atoms with van der Waals surface area (Å²) in [4.78, 5) is 11.7. The molecule has 4 heteroatoms. The summed E-state index contributed by atoms with van der Waals surface area (Å²) in [6, 6.07) is 0. The summed E-state index contributed by atoms with van der Waals surface area (Å²) in [7, 11) is 1.43. The predicted octanol–water partition coefficient (Wildman–Crippen LogP) is 1.49. The molecule has 0 bridgehead atoms. The van der Waals surface area contributed by atoms with Crippen molar-refractivity contribution in [2.45, 2.75) is 51.2 Å². The van der Waals surface area contributed by atoms with Gasteiger partial charge in [-0.25, -0.2) is 0 Å². The quantitative estimate of drug-likeness (QED) is 0.701. The fraction of sp³-hybridized carbons (Fsp3) is 0.917. The summed E-state index contributed by atoms with van der Waals surface area (Å²) in [5, 5.41) is 3.29. The molecule has 0 aliphatic carbocycles. The molecule has 0 aromatic carbocycles. The van der Waals surface area contributed by atoms with Crippen molar-refractivity contribution in [3.05, 3.63) is 0 Å². The maximum Gasteiger partial charge on any atom is 0.325 e. The molecule has 0 spiro atoms. The molecule has 0 aromatic rings. The van der Waals surface area contributed by atoms with Crippen LogP contribution in [-0.4, -0.2) is 37.9 Å². The molecular formula is C12H23NO3. The lowest BCUT2D eigenvalue weighted by atomic mass is 9.96. The van der Waals surface area contributed by atoms with E-state index in [9.17, 15) is 4.79 Å². The summed E-state index contributed by atoms with van der Waals surface area (Å²) < 4.78 is 10.4. The number of nitrogens with one attached hydrogen (secondary N) is 1.